The highest BCUT2D eigenvalue weighted by atomic mass is 35.7. The highest BCUT2D eigenvalue weighted by Gasteiger charge is 2.35. The van der Waals surface area contributed by atoms with Crippen molar-refractivity contribution in [1.29, 1.82) is 0 Å². The van der Waals surface area contributed by atoms with E-state index in [4.69, 9.17) is 10.7 Å². The second-order valence-electron chi connectivity index (χ2n) is 4.47. The van der Waals surface area contributed by atoms with Crippen LogP contribution in [0.15, 0.2) is 29.2 Å². The summed E-state index contributed by atoms with van der Waals surface area (Å²) in [6, 6.07) is 6.07. The van der Waals surface area contributed by atoms with E-state index < -0.39 is 19.1 Å². The second-order valence-corrected chi connectivity index (χ2v) is 9.08. The van der Waals surface area contributed by atoms with Crippen LogP contribution in [0.2, 0.25) is 0 Å². The van der Waals surface area contributed by atoms with Crippen LogP contribution in [0.4, 0.5) is 0 Å². The first kappa shape index (κ1) is 14.8. The Kier molecular flexibility index (Phi) is 4.20. The molecule has 19 heavy (non-hydrogen) atoms. The third-order valence-electron chi connectivity index (χ3n) is 2.89. The van der Waals surface area contributed by atoms with Gasteiger partial charge in [-0.25, -0.2) is 21.6 Å². The number of hydrogen-bond acceptors (Lipinski definition) is 4. The molecule has 2 rings (SSSR count). The van der Waals surface area contributed by atoms with Gasteiger partial charge in [0.2, 0.25) is 10.0 Å². The van der Waals surface area contributed by atoms with Crippen LogP contribution in [-0.2, 0) is 25.5 Å². The lowest BCUT2D eigenvalue weighted by Gasteiger charge is -2.05. The molecular formula is C11H14ClNO4S2. The fourth-order valence-electron chi connectivity index (χ4n) is 1.65. The van der Waals surface area contributed by atoms with Crippen LogP contribution >= 0.6 is 10.7 Å². The number of hydrogen-bond donors (Lipinski definition) is 1. The molecule has 0 unspecified atom stereocenters. The minimum Gasteiger partial charge on any atom is -0.215 e. The van der Waals surface area contributed by atoms with Crippen LogP contribution in [0.1, 0.15) is 18.4 Å². The van der Waals surface area contributed by atoms with Crippen LogP contribution < -0.4 is 4.72 Å². The van der Waals surface area contributed by atoms with Crippen LogP contribution in [-0.4, -0.2) is 28.6 Å². The summed E-state index contributed by atoms with van der Waals surface area (Å²) in [5.74, 6) is 0. The van der Waals surface area contributed by atoms with Crippen molar-refractivity contribution < 1.29 is 16.8 Å². The zero-order chi connectivity index (χ0) is 14.1. The molecule has 0 aromatic heterocycles. The van der Waals surface area contributed by atoms with E-state index in [-0.39, 0.29) is 10.1 Å². The Morgan fingerprint density at radius 3 is 2.16 bits per heavy atom. The average Bonchev–Trinajstić information content (AvgIpc) is 3.12. The standard InChI is InChI=1S/C11H14ClNO4S2/c12-18(14,15)10-3-1-9(2-4-10)7-8-13-19(16,17)11-5-6-11/h1-4,11,13H,5-8H2. The van der Waals surface area contributed by atoms with E-state index in [2.05, 4.69) is 4.72 Å². The predicted octanol–water partition coefficient (Wildman–Crippen LogP) is 1.24. The van der Waals surface area contributed by atoms with Gasteiger partial charge in [0.1, 0.15) is 0 Å². The Balaban J connectivity index is 1.90. The molecule has 1 N–H and O–H groups in total. The SMILES string of the molecule is O=S(=O)(Cl)c1ccc(CCNS(=O)(=O)C2CC2)cc1. The van der Waals surface area contributed by atoms with Gasteiger partial charge in [-0.2, -0.15) is 0 Å². The summed E-state index contributed by atoms with van der Waals surface area (Å²) in [4.78, 5) is 0.0384. The van der Waals surface area contributed by atoms with E-state index in [0.717, 1.165) is 18.4 Å². The van der Waals surface area contributed by atoms with Crippen molar-refractivity contribution in [3.05, 3.63) is 29.8 Å². The van der Waals surface area contributed by atoms with Crippen LogP contribution in [0.25, 0.3) is 0 Å². The third-order valence-corrected chi connectivity index (χ3v) is 6.21. The van der Waals surface area contributed by atoms with Crippen molar-refractivity contribution in [2.45, 2.75) is 29.4 Å². The van der Waals surface area contributed by atoms with Crippen molar-refractivity contribution in [1.82, 2.24) is 4.72 Å². The fraction of sp³-hybridized carbons (Fsp3) is 0.455. The molecule has 0 atom stereocenters. The van der Waals surface area contributed by atoms with Gasteiger partial charge in [0, 0.05) is 17.2 Å². The van der Waals surface area contributed by atoms with Gasteiger partial charge >= 0.3 is 0 Å². The maximum absolute atomic E-state index is 11.6. The van der Waals surface area contributed by atoms with Crippen molar-refractivity contribution in [3.63, 3.8) is 0 Å². The van der Waals surface area contributed by atoms with Gasteiger partial charge in [0.05, 0.1) is 10.1 Å². The van der Waals surface area contributed by atoms with Gasteiger partial charge in [0.15, 0.2) is 0 Å². The van der Waals surface area contributed by atoms with Gasteiger partial charge in [-0.05, 0) is 37.0 Å². The first-order chi connectivity index (χ1) is 8.79. The van der Waals surface area contributed by atoms with Crippen LogP contribution in [0.3, 0.4) is 0 Å². The Hall–Kier alpha value is -0.630. The van der Waals surface area contributed by atoms with E-state index in [0.29, 0.717) is 13.0 Å². The zero-order valence-electron chi connectivity index (χ0n) is 10.0. The molecule has 1 aliphatic rings. The summed E-state index contributed by atoms with van der Waals surface area (Å²) in [5.41, 5.74) is 0.850. The number of sulfonamides is 1. The first-order valence-corrected chi connectivity index (χ1v) is 9.67. The Morgan fingerprint density at radius 1 is 1.11 bits per heavy atom. The number of nitrogens with one attached hydrogen (secondary N) is 1. The molecule has 1 aliphatic carbocycles. The van der Waals surface area contributed by atoms with E-state index in [9.17, 15) is 16.8 Å². The number of benzene rings is 1. The van der Waals surface area contributed by atoms with Crippen molar-refractivity contribution >= 4 is 29.8 Å². The summed E-state index contributed by atoms with van der Waals surface area (Å²) in [6.07, 6.45) is 1.98. The summed E-state index contributed by atoms with van der Waals surface area (Å²) in [6.45, 7) is 0.311. The molecule has 0 aliphatic heterocycles. The van der Waals surface area contributed by atoms with E-state index >= 15 is 0 Å². The molecule has 8 heteroatoms. The highest BCUT2D eigenvalue weighted by molar-refractivity contribution is 8.13. The van der Waals surface area contributed by atoms with Crippen LogP contribution in [0.5, 0.6) is 0 Å². The quantitative estimate of drug-likeness (QED) is 0.799. The predicted molar refractivity (Wildman–Crippen MR) is 73.1 cm³/mol. The molecule has 0 saturated heterocycles. The van der Waals surface area contributed by atoms with Gasteiger partial charge in [-0.15, -0.1) is 0 Å². The second kappa shape index (κ2) is 5.40. The summed E-state index contributed by atoms with van der Waals surface area (Å²) in [7, 11) is -1.66. The number of rotatable bonds is 6. The molecule has 0 spiro atoms. The molecule has 5 nitrogen and oxygen atoms in total. The zero-order valence-corrected chi connectivity index (χ0v) is 12.4. The smallest absolute Gasteiger partial charge is 0.215 e. The highest BCUT2D eigenvalue weighted by Crippen LogP contribution is 2.27. The largest absolute Gasteiger partial charge is 0.261 e. The van der Waals surface area contributed by atoms with Crippen molar-refractivity contribution in [3.8, 4) is 0 Å². The molecule has 1 fully saturated rings. The molecule has 1 saturated carbocycles. The lowest BCUT2D eigenvalue weighted by atomic mass is 10.2. The van der Waals surface area contributed by atoms with E-state index in [1.807, 2.05) is 0 Å². The number of halogens is 1. The Bertz CT molecular complexity index is 648. The monoisotopic (exact) mass is 323 g/mol. The molecule has 106 valence electrons. The third kappa shape index (κ3) is 4.17. The minimum atomic E-state index is -3.71. The molecule has 0 amide bonds. The molecule has 1 aromatic rings. The maximum atomic E-state index is 11.6. The molecule has 0 heterocycles. The Morgan fingerprint density at radius 2 is 1.68 bits per heavy atom. The van der Waals surface area contributed by atoms with Gasteiger partial charge in [-0.1, -0.05) is 12.1 Å². The Labute approximate surface area is 117 Å². The first-order valence-electron chi connectivity index (χ1n) is 5.81. The van der Waals surface area contributed by atoms with Gasteiger partial charge in [-0.3, -0.25) is 0 Å². The fourth-order valence-corrected chi connectivity index (χ4v) is 3.80. The van der Waals surface area contributed by atoms with Crippen molar-refractivity contribution in [2.24, 2.45) is 0 Å². The molecule has 0 radical (unpaired) electrons. The van der Waals surface area contributed by atoms with E-state index in [1.54, 1.807) is 12.1 Å². The lowest BCUT2D eigenvalue weighted by molar-refractivity contribution is 0.580. The maximum Gasteiger partial charge on any atom is 0.261 e. The van der Waals surface area contributed by atoms with E-state index in [1.165, 1.54) is 12.1 Å². The van der Waals surface area contributed by atoms with Gasteiger partial charge in [0.25, 0.3) is 9.05 Å². The topological polar surface area (TPSA) is 80.3 Å². The molecule has 0 bridgehead atoms. The minimum absolute atomic E-state index is 0.0384. The lowest BCUT2D eigenvalue weighted by Crippen LogP contribution is -2.29. The van der Waals surface area contributed by atoms with Crippen molar-refractivity contribution in [2.75, 3.05) is 6.54 Å². The summed E-state index contributed by atoms with van der Waals surface area (Å²) < 4.78 is 47.8. The van der Waals surface area contributed by atoms with Gasteiger partial charge < -0.3 is 0 Å². The molecular weight excluding hydrogens is 310 g/mol. The normalized spacial score (nSPS) is 16.5. The van der Waals surface area contributed by atoms with Crippen LogP contribution in [0, 0.1) is 0 Å². The summed E-state index contributed by atoms with van der Waals surface area (Å²) in [5, 5.41) is -0.226. The molecule has 1 aromatic carbocycles. The average molecular weight is 324 g/mol. The summed E-state index contributed by atoms with van der Waals surface area (Å²) >= 11 is 0.